The number of hydrogen-bond donors (Lipinski definition) is 1. The Balaban J connectivity index is 2.36. The SMILES string of the molecule is CCc1occc1C(O)c1ccc(F)c(Br)c1. The minimum atomic E-state index is -0.791. The smallest absolute Gasteiger partial charge is 0.137 e. The first-order chi connectivity index (χ1) is 8.13. The molecule has 2 rings (SSSR count). The predicted molar refractivity (Wildman–Crippen MR) is 66.2 cm³/mol. The Labute approximate surface area is 107 Å². The van der Waals surface area contributed by atoms with Crippen molar-refractivity contribution in [3.8, 4) is 0 Å². The van der Waals surface area contributed by atoms with Gasteiger partial charge in [-0.2, -0.15) is 0 Å². The van der Waals surface area contributed by atoms with Gasteiger partial charge in [-0.25, -0.2) is 4.39 Å². The summed E-state index contributed by atoms with van der Waals surface area (Å²) in [5, 5.41) is 10.2. The molecule has 1 aromatic carbocycles. The number of aryl methyl sites for hydroxylation is 1. The van der Waals surface area contributed by atoms with Gasteiger partial charge in [0.15, 0.2) is 0 Å². The molecule has 1 aromatic heterocycles. The molecule has 0 saturated heterocycles. The standard InChI is InChI=1S/C13H12BrFO2/c1-2-12-9(5-6-17-12)13(16)8-3-4-11(15)10(14)7-8/h3-7,13,16H,2H2,1H3. The van der Waals surface area contributed by atoms with Crippen LogP contribution in [0.15, 0.2) is 39.4 Å². The van der Waals surface area contributed by atoms with Crippen LogP contribution < -0.4 is 0 Å². The van der Waals surface area contributed by atoms with E-state index in [9.17, 15) is 9.50 Å². The molecule has 0 amide bonds. The lowest BCUT2D eigenvalue weighted by Crippen LogP contribution is -2.01. The van der Waals surface area contributed by atoms with Crippen LogP contribution >= 0.6 is 15.9 Å². The van der Waals surface area contributed by atoms with Crippen LogP contribution in [0.4, 0.5) is 4.39 Å². The maximum absolute atomic E-state index is 13.1. The van der Waals surface area contributed by atoms with Gasteiger partial charge >= 0.3 is 0 Å². The second-order valence-electron chi connectivity index (χ2n) is 3.73. The number of rotatable bonds is 3. The lowest BCUT2D eigenvalue weighted by atomic mass is 10.0. The molecule has 0 bridgehead atoms. The third kappa shape index (κ3) is 2.42. The van der Waals surface area contributed by atoms with Crippen LogP contribution in [-0.2, 0) is 6.42 Å². The van der Waals surface area contributed by atoms with Crippen molar-refractivity contribution < 1.29 is 13.9 Å². The number of halogens is 2. The Hall–Kier alpha value is -1.13. The second kappa shape index (κ2) is 5.02. The number of furan rings is 1. The van der Waals surface area contributed by atoms with E-state index in [4.69, 9.17) is 4.42 Å². The summed E-state index contributed by atoms with van der Waals surface area (Å²) in [5.74, 6) is 0.404. The van der Waals surface area contributed by atoms with E-state index in [-0.39, 0.29) is 5.82 Å². The lowest BCUT2D eigenvalue weighted by molar-refractivity contribution is 0.217. The van der Waals surface area contributed by atoms with Crippen LogP contribution in [0.3, 0.4) is 0 Å². The van der Waals surface area contributed by atoms with Crippen molar-refractivity contribution in [3.63, 3.8) is 0 Å². The number of hydrogen-bond acceptors (Lipinski definition) is 2. The third-order valence-corrected chi connectivity index (χ3v) is 3.26. The maximum Gasteiger partial charge on any atom is 0.137 e. The molecule has 17 heavy (non-hydrogen) atoms. The summed E-state index contributed by atoms with van der Waals surface area (Å²) in [4.78, 5) is 0. The summed E-state index contributed by atoms with van der Waals surface area (Å²) in [6.45, 7) is 1.95. The van der Waals surface area contributed by atoms with Crippen molar-refractivity contribution >= 4 is 15.9 Å². The molecule has 1 atom stereocenters. The van der Waals surface area contributed by atoms with E-state index in [1.807, 2.05) is 6.92 Å². The first-order valence-electron chi connectivity index (χ1n) is 5.32. The average Bonchev–Trinajstić information content (AvgIpc) is 2.80. The van der Waals surface area contributed by atoms with Crippen molar-refractivity contribution in [2.75, 3.05) is 0 Å². The average molecular weight is 299 g/mol. The minimum absolute atomic E-state index is 0.343. The van der Waals surface area contributed by atoms with Gasteiger partial charge < -0.3 is 9.52 Å². The highest BCUT2D eigenvalue weighted by Gasteiger charge is 2.17. The van der Waals surface area contributed by atoms with E-state index in [1.165, 1.54) is 6.07 Å². The molecule has 0 saturated carbocycles. The molecule has 1 N–H and O–H groups in total. The van der Waals surface area contributed by atoms with Gasteiger partial charge in [-0.05, 0) is 39.7 Å². The zero-order valence-electron chi connectivity index (χ0n) is 9.28. The van der Waals surface area contributed by atoms with E-state index < -0.39 is 6.10 Å². The van der Waals surface area contributed by atoms with Gasteiger partial charge in [0.1, 0.15) is 17.7 Å². The van der Waals surface area contributed by atoms with E-state index in [0.717, 1.165) is 11.3 Å². The van der Waals surface area contributed by atoms with E-state index in [0.29, 0.717) is 16.5 Å². The highest BCUT2D eigenvalue weighted by atomic mass is 79.9. The molecule has 1 unspecified atom stereocenters. The number of benzene rings is 1. The van der Waals surface area contributed by atoms with Gasteiger partial charge in [0.05, 0.1) is 10.7 Å². The zero-order chi connectivity index (χ0) is 12.4. The molecule has 90 valence electrons. The fourth-order valence-electron chi connectivity index (χ4n) is 1.74. The zero-order valence-corrected chi connectivity index (χ0v) is 10.9. The fraction of sp³-hybridized carbons (Fsp3) is 0.231. The summed E-state index contributed by atoms with van der Waals surface area (Å²) in [6.07, 6.45) is 1.47. The quantitative estimate of drug-likeness (QED) is 0.934. The highest BCUT2D eigenvalue weighted by Crippen LogP contribution is 2.28. The van der Waals surface area contributed by atoms with E-state index in [1.54, 1.807) is 24.5 Å². The largest absolute Gasteiger partial charge is 0.469 e. The minimum Gasteiger partial charge on any atom is -0.469 e. The maximum atomic E-state index is 13.1. The Morgan fingerprint density at radius 1 is 1.41 bits per heavy atom. The van der Waals surface area contributed by atoms with Crippen LogP contribution in [0, 0.1) is 5.82 Å². The summed E-state index contributed by atoms with van der Waals surface area (Å²) in [7, 11) is 0. The van der Waals surface area contributed by atoms with Gasteiger partial charge in [-0.3, -0.25) is 0 Å². The third-order valence-electron chi connectivity index (χ3n) is 2.65. The Morgan fingerprint density at radius 3 is 2.82 bits per heavy atom. The topological polar surface area (TPSA) is 33.4 Å². The van der Waals surface area contributed by atoms with Gasteiger partial charge in [0.25, 0.3) is 0 Å². The van der Waals surface area contributed by atoms with Gasteiger partial charge in [-0.15, -0.1) is 0 Å². The predicted octanol–water partition coefficient (Wildman–Crippen LogP) is 3.83. The number of aliphatic hydroxyl groups is 1. The van der Waals surface area contributed by atoms with Crippen molar-refractivity contribution in [2.24, 2.45) is 0 Å². The monoisotopic (exact) mass is 298 g/mol. The van der Waals surface area contributed by atoms with Crippen molar-refractivity contribution in [2.45, 2.75) is 19.4 Å². The molecule has 0 aliphatic heterocycles. The Kier molecular flexibility index (Phi) is 3.64. The molecule has 0 aliphatic rings. The summed E-state index contributed by atoms with van der Waals surface area (Å²) in [6, 6.07) is 6.21. The molecular weight excluding hydrogens is 287 g/mol. The molecule has 0 fully saturated rings. The number of aliphatic hydroxyl groups excluding tert-OH is 1. The highest BCUT2D eigenvalue weighted by molar-refractivity contribution is 9.10. The van der Waals surface area contributed by atoms with Crippen LogP contribution in [0.1, 0.15) is 29.9 Å². The van der Waals surface area contributed by atoms with Crippen LogP contribution in [0.25, 0.3) is 0 Å². The normalized spacial score (nSPS) is 12.7. The molecule has 0 spiro atoms. The molecule has 0 aliphatic carbocycles. The fourth-order valence-corrected chi connectivity index (χ4v) is 2.14. The molecule has 1 heterocycles. The summed E-state index contributed by atoms with van der Waals surface area (Å²) in [5.41, 5.74) is 1.36. The van der Waals surface area contributed by atoms with Gasteiger partial charge in [0.2, 0.25) is 0 Å². The van der Waals surface area contributed by atoms with Gasteiger partial charge in [0, 0.05) is 12.0 Å². The molecule has 4 heteroatoms. The Morgan fingerprint density at radius 2 is 2.18 bits per heavy atom. The van der Waals surface area contributed by atoms with Crippen molar-refractivity contribution in [1.29, 1.82) is 0 Å². The molecule has 0 radical (unpaired) electrons. The van der Waals surface area contributed by atoms with Crippen molar-refractivity contribution in [1.82, 2.24) is 0 Å². The Bertz CT molecular complexity index is 522. The van der Waals surface area contributed by atoms with E-state index >= 15 is 0 Å². The molecular formula is C13H12BrFO2. The molecule has 2 aromatic rings. The van der Waals surface area contributed by atoms with Crippen LogP contribution in [0.2, 0.25) is 0 Å². The van der Waals surface area contributed by atoms with Crippen LogP contribution in [0.5, 0.6) is 0 Å². The van der Waals surface area contributed by atoms with Gasteiger partial charge in [-0.1, -0.05) is 13.0 Å². The first-order valence-corrected chi connectivity index (χ1v) is 6.12. The first kappa shape index (κ1) is 12.3. The van der Waals surface area contributed by atoms with Crippen molar-refractivity contribution in [3.05, 3.63) is 57.7 Å². The van der Waals surface area contributed by atoms with E-state index in [2.05, 4.69) is 15.9 Å². The second-order valence-corrected chi connectivity index (χ2v) is 4.58. The van der Waals surface area contributed by atoms with Crippen LogP contribution in [-0.4, -0.2) is 5.11 Å². The molecule has 2 nitrogen and oxygen atoms in total. The summed E-state index contributed by atoms with van der Waals surface area (Å²) >= 11 is 3.10. The summed E-state index contributed by atoms with van der Waals surface area (Å²) < 4.78 is 18.7. The lowest BCUT2D eigenvalue weighted by Gasteiger charge is -2.11.